The molecule has 0 atom stereocenters. The molecule has 0 spiro atoms. The Balaban J connectivity index is 1.86. The molecule has 0 fully saturated rings. The highest BCUT2D eigenvalue weighted by atomic mass is 16.3. The highest BCUT2D eigenvalue weighted by Crippen LogP contribution is 2.21. The number of carbonyl (C=O) groups excluding carboxylic acids is 1. The first-order chi connectivity index (χ1) is 12.1. The van der Waals surface area contributed by atoms with E-state index >= 15 is 0 Å². The summed E-state index contributed by atoms with van der Waals surface area (Å²) in [6.45, 7) is 3.69. The maximum absolute atomic E-state index is 12.6. The molecule has 3 rings (SSSR count). The third-order valence-electron chi connectivity index (χ3n) is 4.13. The predicted molar refractivity (Wildman–Crippen MR) is 99.5 cm³/mol. The third kappa shape index (κ3) is 3.75. The second-order valence-corrected chi connectivity index (χ2v) is 5.96. The monoisotopic (exact) mass is 332 g/mol. The number of amides is 1. The maximum Gasteiger partial charge on any atom is 0.257 e. The SMILES string of the molecule is Cc1ccc(CO)cc1NC(=O)c1ccc(-c2ccccc2)nc1C. The van der Waals surface area contributed by atoms with Crippen molar-refractivity contribution in [3.8, 4) is 11.3 Å². The first-order valence-electron chi connectivity index (χ1n) is 8.13. The van der Waals surface area contributed by atoms with Crippen molar-refractivity contribution >= 4 is 11.6 Å². The molecule has 1 heterocycles. The Morgan fingerprint density at radius 3 is 2.48 bits per heavy atom. The molecule has 0 saturated heterocycles. The normalized spacial score (nSPS) is 10.5. The van der Waals surface area contributed by atoms with Crippen LogP contribution in [0.2, 0.25) is 0 Å². The van der Waals surface area contributed by atoms with E-state index in [4.69, 9.17) is 0 Å². The largest absolute Gasteiger partial charge is 0.392 e. The number of aliphatic hydroxyl groups excluding tert-OH is 1. The maximum atomic E-state index is 12.6. The van der Waals surface area contributed by atoms with Crippen molar-refractivity contribution in [2.75, 3.05) is 5.32 Å². The Morgan fingerprint density at radius 2 is 1.80 bits per heavy atom. The number of pyridine rings is 1. The molecule has 25 heavy (non-hydrogen) atoms. The van der Waals surface area contributed by atoms with Gasteiger partial charge in [-0.15, -0.1) is 0 Å². The van der Waals surface area contributed by atoms with Gasteiger partial charge >= 0.3 is 0 Å². The van der Waals surface area contributed by atoms with Crippen LogP contribution in [0.3, 0.4) is 0 Å². The summed E-state index contributed by atoms with van der Waals surface area (Å²) in [5.74, 6) is -0.206. The van der Waals surface area contributed by atoms with Gasteiger partial charge in [-0.1, -0.05) is 42.5 Å². The standard InChI is InChI=1S/C21H20N2O2/c1-14-8-9-16(13-24)12-20(14)23-21(25)18-10-11-19(22-15(18)2)17-6-4-3-5-7-17/h3-12,24H,13H2,1-2H3,(H,23,25). The van der Waals surface area contributed by atoms with Gasteiger partial charge in [0.1, 0.15) is 0 Å². The lowest BCUT2D eigenvalue weighted by Gasteiger charge is -2.12. The molecule has 0 aliphatic heterocycles. The van der Waals surface area contributed by atoms with Crippen molar-refractivity contribution in [2.45, 2.75) is 20.5 Å². The van der Waals surface area contributed by atoms with E-state index in [0.717, 1.165) is 22.4 Å². The minimum Gasteiger partial charge on any atom is -0.392 e. The Labute approximate surface area is 147 Å². The van der Waals surface area contributed by atoms with Crippen LogP contribution in [-0.4, -0.2) is 16.0 Å². The van der Waals surface area contributed by atoms with Gasteiger partial charge in [0.2, 0.25) is 0 Å². The summed E-state index contributed by atoms with van der Waals surface area (Å²) in [5.41, 5.74) is 5.47. The van der Waals surface area contributed by atoms with Crippen LogP contribution in [0.15, 0.2) is 60.7 Å². The van der Waals surface area contributed by atoms with E-state index in [1.165, 1.54) is 0 Å². The number of aryl methyl sites for hydroxylation is 2. The van der Waals surface area contributed by atoms with Crippen LogP contribution in [0.25, 0.3) is 11.3 Å². The van der Waals surface area contributed by atoms with Crippen LogP contribution in [0.4, 0.5) is 5.69 Å². The van der Waals surface area contributed by atoms with Crippen molar-refractivity contribution < 1.29 is 9.90 Å². The molecule has 1 aromatic heterocycles. The molecule has 2 aromatic carbocycles. The molecule has 1 amide bonds. The molecule has 2 N–H and O–H groups in total. The number of anilines is 1. The van der Waals surface area contributed by atoms with Crippen LogP contribution < -0.4 is 5.32 Å². The average molecular weight is 332 g/mol. The molecular weight excluding hydrogens is 312 g/mol. The van der Waals surface area contributed by atoms with Crippen LogP contribution in [0.1, 0.15) is 27.2 Å². The summed E-state index contributed by atoms with van der Waals surface area (Å²) in [5, 5.41) is 12.2. The molecule has 0 saturated carbocycles. The van der Waals surface area contributed by atoms with Crippen molar-refractivity contribution in [1.29, 1.82) is 0 Å². The molecular formula is C21H20N2O2. The minimum atomic E-state index is -0.206. The van der Waals surface area contributed by atoms with Gasteiger partial charge in [0.25, 0.3) is 5.91 Å². The summed E-state index contributed by atoms with van der Waals surface area (Å²) in [6.07, 6.45) is 0. The second-order valence-electron chi connectivity index (χ2n) is 5.96. The van der Waals surface area contributed by atoms with Crippen molar-refractivity contribution in [3.63, 3.8) is 0 Å². The molecule has 0 unspecified atom stereocenters. The molecule has 0 aliphatic rings. The zero-order chi connectivity index (χ0) is 17.8. The number of hydrogen-bond donors (Lipinski definition) is 2. The molecule has 0 aliphatic carbocycles. The van der Waals surface area contributed by atoms with Crippen LogP contribution in [0.5, 0.6) is 0 Å². The van der Waals surface area contributed by atoms with E-state index < -0.39 is 0 Å². The predicted octanol–water partition coefficient (Wildman–Crippen LogP) is 4.11. The number of nitrogens with one attached hydrogen (secondary N) is 1. The van der Waals surface area contributed by atoms with Crippen LogP contribution in [0, 0.1) is 13.8 Å². The smallest absolute Gasteiger partial charge is 0.257 e. The minimum absolute atomic E-state index is 0.0600. The van der Waals surface area contributed by atoms with Gasteiger partial charge in [-0.2, -0.15) is 0 Å². The first kappa shape index (κ1) is 16.9. The number of hydrogen-bond acceptors (Lipinski definition) is 3. The van der Waals surface area contributed by atoms with E-state index in [-0.39, 0.29) is 12.5 Å². The lowest BCUT2D eigenvalue weighted by atomic mass is 10.1. The van der Waals surface area contributed by atoms with Crippen molar-refractivity contribution in [3.05, 3.63) is 83.0 Å². The average Bonchev–Trinajstić information content (AvgIpc) is 2.64. The number of aliphatic hydroxyl groups is 1. The van der Waals surface area contributed by atoms with E-state index in [0.29, 0.717) is 16.9 Å². The quantitative estimate of drug-likeness (QED) is 0.756. The number of carbonyl (C=O) groups is 1. The summed E-state index contributed by atoms with van der Waals surface area (Å²) >= 11 is 0. The molecule has 4 heteroatoms. The van der Waals surface area contributed by atoms with Gasteiger partial charge < -0.3 is 10.4 Å². The number of rotatable bonds is 4. The van der Waals surface area contributed by atoms with E-state index in [1.54, 1.807) is 12.1 Å². The van der Waals surface area contributed by atoms with E-state index in [1.807, 2.05) is 62.4 Å². The summed E-state index contributed by atoms with van der Waals surface area (Å²) in [7, 11) is 0. The Hall–Kier alpha value is -2.98. The highest BCUT2D eigenvalue weighted by molar-refractivity contribution is 6.05. The van der Waals surface area contributed by atoms with Gasteiger partial charge in [-0.3, -0.25) is 9.78 Å². The lowest BCUT2D eigenvalue weighted by Crippen LogP contribution is -2.15. The van der Waals surface area contributed by atoms with Gasteiger partial charge in [0, 0.05) is 11.3 Å². The van der Waals surface area contributed by atoms with E-state index in [9.17, 15) is 9.90 Å². The third-order valence-corrected chi connectivity index (χ3v) is 4.13. The molecule has 0 radical (unpaired) electrons. The van der Waals surface area contributed by atoms with Crippen LogP contribution >= 0.6 is 0 Å². The van der Waals surface area contributed by atoms with Crippen LogP contribution in [-0.2, 0) is 6.61 Å². The van der Waals surface area contributed by atoms with E-state index in [2.05, 4.69) is 10.3 Å². The number of benzene rings is 2. The van der Waals surface area contributed by atoms with Crippen molar-refractivity contribution in [2.24, 2.45) is 0 Å². The molecule has 4 nitrogen and oxygen atoms in total. The lowest BCUT2D eigenvalue weighted by molar-refractivity contribution is 0.102. The fourth-order valence-corrected chi connectivity index (χ4v) is 2.66. The van der Waals surface area contributed by atoms with Gasteiger partial charge in [-0.05, 0) is 43.2 Å². The zero-order valence-electron chi connectivity index (χ0n) is 14.3. The van der Waals surface area contributed by atoms with Gasteiger partial charge in [-0.25, -0.2) is 0 Å². The topological polar surface area (TPSA) is 62.2 Å². The summed E-state index contributed by atoms with van der Waals surface area (Å²) in [4.78, 5) is 17.2. The van der Waals surface area contributed by atoms with Gasteiger partial charge in [0.15, 0.2) is 0 Å². The number of aromatic nitrogens is 1. The highest BCUT2D eigenvalue weighted by Gasteiger charge is 2.13. The molecule has 126 valence electrons. The fourth-order valence-electron chi connectivity index (χ4n) is 2.66. The Bertz CT molecular complexity index is 905. The first-order valence-corrected chi connectivity index (χ1v) is 8.13. The fraction of sp³-hybridized carbons (Fsp3) is 0.143. The Morgan fingerprint density at radius 1 is 1.04 bits per heavy atom. The van der Waals surface area contributed by atoms with Crippen molar-refractivity contribution in [1.82, 2.24) is 4.98 Å². The summed E-state index contributed by atoms with van der Waals surface area (Å²) in [6, 6.07) is 19.0. The Kier molecular flexibility index (Phi) is 4.91. The second kappa shape index (κ2) is 7.28. The molecule has 0 bridgehead atoms. The summed E-state index contributed by atoms with van der Waals surface area (Å²) < 4.78 is 0. The van der Waals surface area contributed by atoms with Gasteiger partial charge in [0.05, 0.1) is 23.6 Å². The zero-order valence-corrected chi connectivity index (χ0v) is 14.3. The number of nitrogens with zero attached hydrogens (tertiary/aromatic N) is 1. The molecule has 3 aromatic rings.